The zero-order chi connectivity index (χ0) is 22.3. The molecule has 0 aliphatic carbocycles. The second-order valence-corrected chi connectivity index (χ2v) is 5.87. The molecule has 1 atom stereocenters. The van der Waals surface area contributed by atoms with Crippen LogP contribution in [-0.2, 0) is 6.18 Å². The van der Waals surface area contributed by atoms with Crippen LogP contribution in [-0.4, -0.2) is 29.2 Å². The average Bonchev–Trinajstić information content (AvgIpc) is 2.79. The highest BCUT2D eigenvalue weighted by Crippen LogP contribution is 2.32. The first-order valence-corrected chi connectivity index (χ1v) is 8.77. The molecule has 1 aromatic heterocycles. The summed E-state index contributed by atoms with van der Waals surface area (Å²) in [4.78, 5) is 11.6. The number of benzene rings is 2. The van der Waals surface area contributed by atoms with Gasteiger partial charge in [0.2, 0.25) is 6.17 Å². The summed E-state index contributed by atoms with van der Waals surface area (Å²) in [6.07, 6.45) is -5.71. The number of nitrogens with zero attached hydrogens (tertiary/aromatic N) is 7. The van der Waals surface area contributed by atoms with Crippen molar-refractivity contribution >= 4 is 11.6 Å². The Morgan fingerprint density at radius 3 is 2.06 bits per heavy atom. The Morgan fingerprint density at radius 1 is 0.806 bits per heavy atom. The maximum absolute atomic E-state index is 13.1. The molecular formula is C19H16F3N7O2. The van der Waals surface area contributed by atoms with Crippen LogP contribution in [0.3, 0.4) is 0 Å². The number of hydrogen-bond donors (Lipinski definition) is 0. The molecule has 0 N–H and O–H groups in total. The Morgan fingerprint density at radius 2 is 1.45 bits per heavy atom. The van der Waals surface area contributed by atoms with Crippen LogP contribution in [0.5, 0.6) is 12.0 Å². The number of aromatic nitrogens is 3. The van der Waals surface area contributed by atoms with Crippen LogP contribution in [0.2, 0.25) is 0 Å². The molecular weight excluding hydrogens is 415 g/mol. The Labute approximate surface area is 174 Å². The third-order valence-corrected chi connectivity index (χ3v) is 3.76. The maximum Gasteiger partial charge on any atom is 0.416 e. The third-order valence-electron chi connectivity index (χ3n) is 3.76. The van der Waals surface area contributed by atoms with Gasteiger partial charge in [0.25, 0.3) is 5.95 Å². The summed E-state index contributed by atoms with van der Waals surface area (Å²) in [5.74, 6) is -0.171. The van der Waals surface area contributed by atoms with E-state index >= 15 is 0 Å². The van der Waals surface area contributed by atoms with Gasteiger partial charge in [-0.15, -0.1) is 10.1 Å². The molecule has 0 saturated heterocycles. The molecule has 0 saturated carbocycles. The van der Waals surface area contributed by atoms with E-state index in [1.54, 1.807) is 30.3 Å². The van der Waals surface area contributed by atoms with E-state index in [1.165, 1.54) is 26.4 Å². The van der Waals surface area contributed by atoms with Gasteiger partial charge in [-0.05, 0) is 24.3 Å². The minimum Gasteiger partial charge on any atom is -0.467 e. The lowest BCUT2D eigenvalue weighted by Crippen LogP contribution is -2.05. The summed E-state index contributed by atoms with van der Waals surface area (Å²) in [5, 5.41) is 16.0. The predicted molar refractivity (Wildman–Crippen MR) is 103 cm³/mol. The topological polar surface area (TPSA) is 107 Å². The fraction of sp³-hybridized carbons (Fsp3) is 0.211. The smallest absolute Gasteiger partial charge is 0.416 e. The normalized spacial score (nSPS) is 12.9. The van der Waals surface area contributed by atoms with Gasteiger partial charge in [0.05, 0.1) is 25.5 Å². The Bertz CT molecular complexity index is 1050. The highest BCUT2D eigenvalue weighted by Gasteiger charge is 2.31. The fourth-order valence-corrected chi connectivity index (χ4v) is 2.31. The molecule has 1 heterocycles. The molecule has 0 bridgehead atoms. The minimum atomic E-state index is -4.52. The van der Waals surface area contributed by atoms with Crippen LogP contribution in [0.25, 0.3) is 0 Å². The van der Waals surface area contributed by atoms with Crippen molar-refractivity contribution in [1.82, 2.24) is 15.0 Å². The first kappa shape index (κ1) is 21.7. The van der Waals surface area contributed by atoms with Crippen molar-refractivity contribution in [1.29, 1.82) is 0 Å². The molecule has 2 aromatic carbocycles. The second-order valence-electron chi connectivity index (χ2n) is 5.87. The quantitative estimate of drug-likeness (QED) is 0.461. The Hall–Kier alpha value is -3.96. The van der Waals surface area contributed by atoms with Gasteiger partial charge in [0.1, 0.15) is 0 Å². The zero-order valence-electron chi connectivity index (χ0n) is 16.4. The Balaban J connectivity index is 1.98. The number of azo groups is 2. The van der Waals surface area contributed by atoms with E-state index in [0.29, 0.717) is 5.69 Å². The van der Waals surface area contributed by atoms with Gasteiger partial charge in [-0.25, -0.2) is 0 Å². The molecule has 0 radical (unpaired) electrons. The van der Waals surface area contributed by atoms with Gasteiger partial charge in [0.15, 0.2) is 0 Å². The minimum absolute atomic E-state index is 0.0673. The van der Waals surface area contributed by atoms with E-state index in [-0.39, 0.29) is 23.5 Å². The summed E-state index contributed by atoms with van der Waals surface area (Å²) in [7, 11) is 2.68. The molecule has 0 aliphatic heterocycles. The van der Waals surface area contributed by atoms with E-state index in [4.69, 9.17) is 9.47 Å². The van der Waals surface area contributed by atoms with Crippen LogP contribution in [0.4, 0.5) is 24.8 Å². The summed E-state index contributed by atoms with van der Waals surface area (Å²) in [5.41, 5.74) is -0.215. The summed E-state index contributed by atoms with van der Waals surface area (Å²) in [6.45, 7) is 0. The largest absolute Gasteiger partial charge is 0.467 e. The first-order chi connectivity index (χ1) is 14.9. The van der Waals surface area contributed by atoms with Gasteiger partial charge in [-0.3, -0.25) is 0 Å². The van der Waals surface area contributed by atoms with Crippen LogP contribution in [0.1, 0.15) is 17.3 Å². The van der Waals surface area contributed by atoms with Crippen molar-refractivity contribution in [2.45, 2.75) is 12.3 Å². The number of alkyl halides is 3. The fourth-order valence-electron chi connectivity index (χ4n) is 2.31. The van der Waals surface area contributed by atoms with Crippen molar-refractivity contribution in [3.63, 3.8) is 0 Å². The standard InChI is InChI=1S/C19H16F3N7O2/c1-30-17-23-16(24-18(25-17)31-2)29-28-15(27-26-14-9-4-3-5-10-14)12-7-6-8-13(11-12)19(20,21)22/h3-11,15H,1-2H3. The van der Waals surface area contributed by atoms with E-state index < -0.39 is 17.9 Å². The first-order valence-electron chi connectivity index (χ1n) is 8.77. The lowest BCUT2D eigenvalue weighted by molar-refractivity contribution is -0.137. The summed E-state index contributed by atoms with van der Waals surface area (Å²) >= 11 is 0. The molecule has 0 spiro atoms. The number of rotatable bonds is 7. The number of ether oxygens (including phenoxy) is 2. The molecule has 31 heavy (non-hydrogen) atoms. The van der Waals surface area contributed by atoms with Crippen LogP contribution in [0, 0.1) is 0 Å². The monoisotopic (exact) mass is 431 g/mol. The molecule has 3 aromatic rings. The average molecular weight is 431 g/mol. The van der Waals surface area contributed by atoms with Gasteiger partial charge >= 0.3 is 18.2 Å². The van der Waals surface area contributed by atoms with Gasteiger partial charge in [0, 0.05) is 5.56 Å². The molecule has 0 fully saturated rings. The molecule has 0 aliphatic rings. The summed E-state index contributed by atoms with van der Waals surface area (Å²) in [6, 6.07) is 13.1. The molecule has 160 valence electrons. The van der Waals surface area contributed by atoms with Crippen LogP contribution < -0.4 is 9.47 Å². The number of hydrogen-bond acceptors (Lipinski definition) is 9. The lowest BCUT2D eigenvalue weighted by Gasteiger charge is -2.10. The van der Waals surface area contributed by atoms with Crippen molar-refractivity contribution in [3.8, 4) is 12.0 Å². The highest BCUT2D eigenvalue weighted by atomic mass is 19.4. The van der Waals surface area contributed by atoms with Crippen molar-refractivity contribution in [2.75, 3.05) is 14.2 Å². The van der Waals surface area contributed by atoms with Gasteiger partial charge < -0.3 is 9.47 Å². The van der Waals surface area contributed by atoms with Crippen molar-refractivity contribution in [3.05, 3.63) is 65.7 Å². The zero-order valence-corrected chi connectivity index (χ0v) is 16.4. The summed E-state index contributed by atoms with van der Waals surface area (Å²) < 4.78 is 49.3. The van der Waals surface area contributed by atoms with Crippen molar-refractivity contribution < 1.29 is 22.6 Å². The number of methoxy groups -OCH3 is 2. The van der Waals surface area contributed by atoms with Crippen LogP contribution >= 0.6 is 0 Å². The third kappa shape index (κ3) is 6.01. The van der Waals surface area contributed by atoms with E-state index in [1.807, 2.05) is 0 Å². The second kappa shape index (κ2) is 9.69. The van der Waals surface area contributed by atoms with E-state index in [0.717, 1.165) is 12.1 Å². The molecule has 9 nitrogen and oxygen atoms in total. The lowest BCUT2D eigenvalue weighted by atomic mass is 10.1. The molecule has 3 rings (SSSR count). The van der Waals surface area contributed by atoms with E-state index in [9.17, 15) is 13.2 Å². The Kier molecular flexibility index (Phi) is 6.80. The molecule has 12 heteroatoms. The van der Waals surface area contributed by atoms with Gasteiger partial charge in [-0.2, -0.15) is 38.5 Å². The molecule has 0 amide bonds. The van der Waals surface area contributed by atoms with Crippen molar-refractivity contribution in [2.24, 2.45) is 20.5 Å². The SMILES string of the molecule is COc1nc(N=NC(N=Nc2ccccc2)c2cccc(C(F)(F)F)c2)nc(OC)n1. The number of halogens is 3. The van der Waals surface area contributed by atoms with E-state index in [2.05, 4.69) is 35.4 Å². The van der Waals surface area contributed by atoms with Crippen LogP contribution in [0.15, 0.2) is 75.1 Å². The predicted octanol–water partition coefficient (Wildman–Crippen LogP) is 5.47. The molecule has 1 unspecified atom stereocenters. The maximum atomic E-state index is 13.1. The highest BCUT2D eigenvalue weighted by molar-refractivity contribution is 5.35. The van der Waals surface area contributed by atoms with Gasteiger partial charge in [-0.1, -0.05) is 30.3 Å².